The Balaban J connectivity index is 0.00000760. The van der Waals surface area contributed by atoms with E-state index < -0.39 is 10.1 Å². The fourth-order valence-electron chi connectivity index (χ4n) is 5.66. The Morgan fingerprint density at radius 3 is 1.46 bits per heavy atom. The molecule has 0 unspecified atom stereocenters. The Hall–Kier alpha value is -0.390. The van der Waals surface area contributed by atoms with E-state index in [4.69, 9.17) is 0 Å². The number of hydrogen-bond acceptors (Lipinski definition) is 3. The first-order valence-corrected chi connectivity index (χ1v) is 17.4. The molecule has 0 bridgehead atoms. The van der Waals surface area contributed by atoms with E-state index in [2.05, 4.69) is 26.0 Å². The summed E-state index contributed by atoms with van der Waals surface area (Å²) in [5, 5.41) is 1.55. The van der Waals surface area contributed by atoms with Crippen LogP contribution in [0.15, 0.2) is 35.2 Å². The van der Waals surface area contributed by atoms with Crippen LogP contribution in [0.4, 0.5) is 0 Å². The van der Waals surface area contributed by atoms with Crippen molar-refractivity contribution in [2.24, 2.45) is 0 Å². The summed E-state index contributed by atoms with van der Waals surface area (Å²) in [5.41, 5.74) is 2.17. The van der Waals surface area contributed by atoms with Gasteiger partial charge in [-0.1, -0.05) is 154 Å². The molecule has 0 spiro atoms. The largest absolute Gasteiger partial charge is 1.00 e. The van der Waals surface area contributed by atoms with Gasteiger partial charge < -0.3 is 4.55 Å². The van der Waals surface area contributed by atoms with Gasteiger partial charge in [-0.2, -0.15) is 0 Å². The average molecular weight is 567 g/mol. The van der Waals surface area contributed by atoms with Gasteiger partial charge in [-0.15, -0.1) is 0 Å². The molecule has 0 saturated carbocycles. The van der Waals surface area contributed by atoms with Crippen LogP contribution in [0.2, 0.25) is 0 Å². The third-order valence-electron chi connectivity index (χ3n) is 8.00. The predicted molar refractivity (Wildman–Crippen MR) is 163 cm³/mol. The molecule has 0 N–H and O–H groups in total. The SMILES string of the molecule is CCCCCCCCCCCCc1cc(S(=O)(=O)[O-])c2cccc(CCCCCCCCCCCC)c2c1.[Na+]. The molecule has 0 fully saturated rings. The van der Waals surface area contributed by atoms with Gasteiger partial charge in [-0.25, -0.2) is 8.42 Å². The third kappa shape index (κ3) is 15.4. The van der Waals surface area contributed by atoms with Gasteiger partial charge in [-0.3, -0.25) is 0 Å². The smallest absolute Gasteiger partial charge is 0.744 e. The first kappa shape index (κ1) is 36.6. The van der Waals surface area contributed by atoms with Crippen LogP contribution in [0.3, 0.4) is 0 Å². The van der Waals surface area contributed by atoms with E-state index in [1.54, 1.807) is 12.1 Å². The van der Waals surface area contributed by atoms with Gasteiger partial charge in [0.05, 0.1) is 4.90 Å². The summed E-state index contributed by atoms with van der Waals surface area (Å²) in [6.45, 7) is 4.51. The number of fused-ring (bicyclic) bond motifs is 1. The summed E-state index contributed by atoms with van der Waals surface area (Å²) in [5.74, 6) is 0. The second kappa shape index (κ2) is 22.2. The Kier molecular flexibility index (Phi) is 20.9. The molecular formula is C34H55NaO3S. The molecule has 5 heteroatoms. The van der Waals surface area contributed by atoms with Crippen molar-refractivity contribution >= 4 is 20.9 Å². The first-order chi connectivity index (χ1) is 18.5. The quantitative estimate of drug-likeness (QED) is 0.0788. The summed E-state index contributed by atoms with van der Waals surface area (Å²) >= 11 is 0. The topological polar surface area (TPSA) is 57.2 Å². The molecule has 0 saturated heterocycles. The summed E-state index contributed by atoms with van der Waals surface area (Å²) in [7, 11) is -4.52. The molecular weight excluding hydrogens is 511 g/mol. The Morgan fingerprint density at radius 2 is 1.00 bits per heavy atom. The molecule has 0 aliphatic heterocycles. The van der Waals surface area contributed by atoms with E-state index in [-0.39, 0.29) is 34.5 Å². The maximum absolute atomic E-state index is 12.1. The van der Waals surface area contributed by atoms with Gasteiger partial charge >= 0.3 is 29.6 Å². The van der Waals surface area contributed by atoms with Crippen LogP contribution >= 0.6 is 0 Å². The Morgan fingerprint density at radius 1 is 0.564 bits per heavy atom. The van der Waals surface area contributed by atoms with Gasteiger partial charge in [0.15, 0.2) is 0 Å². The Labute approximate surface area is 263 Å². The van der Waals surface area contributed by atoms with Crippen LogP contribution in [-0.4, -0.2) is 13.0 Å². The van der Waals surface area contributed by atoms with Crippen LogP contribution in [0.5, 0.6) is 0 Å². The molecule has 0 amide bonds. The second-order valence-electron chi connectivity index (χ2n) is 11.4. The maximum atomic E-state index is 12.1. The van der Waals surface area contributed by atoms with Gasteiger partial charge in [0.25, 0.3) is 0 Å². The third-order valence-corrected chi connectivity index (χ3v) is 8.87. The maximum Gasteiger partial charge on any atom is 1.00 e. The van der Waals surface area contributed by atoms with E-state index >= 15 is 0 Å². The van der Waals surface area contributed by atoms with Crippen molar-refractivity contribution in [3.8, 4) is 0 Å². The molecule has 2 rings (SSSR count). The molecule has 0 atom stereocenters. The number of rotatable bonds is 23. The minimum absolute atomic E-state index is 0. The van der Waals surface area contributed by atoms with Crippen molar-refractivity contribution in [2.45, 2.75) is 160 Å². The molecule has 0 heterocycles. The molecule has 3 nitrogen and oxygen atoms in total. The average Bonchev–Trinajstić information content (AvgIpc) is 2.90. The van der Waals surface area contributed by atoms with Crippen LogP contribution in [0, 0.1) is 0 Å². The van der Waals surface area contributed by atoms with Crippen molar-refractivity contribution < 1.29 is 42.5 Å². The molecule has 216 valence electrons. The number of unbranched alkanes of at least 4 members (excludes halogenated alkanes) is 18. The monoisotopic (exact) mass is 566 g/mol. The Bertz CT molecular complexity index is 1000. The summed E-state index contributed by atoms with van der Waals surface area (Å²) < 4.78 is 36.4. The van der Waals surface area contributed by atoms with Crippen molar-refractivity contribution in [1.82, 2.24) is 0 Å². The fourth-order valence-corrected chi connectivity index (χ4v) is 6.40. The van der Waals surface area contributed by atoms with Crippen LogP contribution in [-0.2, 0) is 23.0 Å². The minimum atomic E-state index is -4.52. The van der Waals surface area contributed by atoms with Crippen LogP contribution < -0.4 is 29.6 Å². The van der Waals surface area contributed by atoms with E-state index in [0.717, 1.165) is 43.1 Å². The zero-order valence-corrected chi connectivity index (χ0v) is 28.4. The molecule has 39 heavy (non-hydrogen) atoms. The molecule has 0 aliphatic carbocycles. The zero-order chi connectivity index (χ0) is 27.5. The van der Waals surface area contributed by atoms with Gasteiger partial charge in [0.2, 0.25) is 0 Å². The van der Waals surface area contributed by atoms with Gasteiger partial charge in [-0.05, 0) is 53.6 Å². The van der Waals surface area contributed by atoms with Crippen molar-refractivity contribution in [3.63, 3.8) is 0 Å². The second-order valence-corrected chi connectivity index (χ2v) is 12.8. The van der Waals surface area contributed by atoms with E-state index in [0.29, 0.717) is 5.39 Å². The fraction of sp³-hybridized carbons (Fsp3) is 0.706. The van der Waals surface area contributed by atoms with E-state index in [1.165, 1.54) is 115 Å². The normalized spacial score (nSPS) is 11.7. The van der Waals surface area contributed by atoms with Crippen LogP contribution in [0.25, 0.3) is 10.8 Å². The standard InChI is InChI=1S/C34H56O3S.Na/c1-3-5-7-9-11-13-15-17-19-21-24-30-28-33-31(25-22-20-18-16-14-12-10-8-6-4-2)26-23-27-32(33)34(29-30)38(35,36)37;/h23,26-29H,3-22,24-25H2,1-2H3,(H,35,36,37);/q;+1/p-1. The van der Waals surface area contributed by atoms with E-state index in [1.807, 2.05) is 6.07 Å². The molecule has 2 aromatic rings. The zero-order valence-electron chi connectivity index (χ0n) is 25.6. The van der Waals surface area contributed by atoms with Gasteiger partial charge in [0, 0.05) is 0 Å². The molecule has 0 radical (unpaired) electrons. The van der Waals surface area contributed by atoms with Crippen LogP contribution in [0.1, 0.15) is 153 Å². The van der Waals surface area contributed by atoms with Crippen molar-refractivity contribution in [2.75, 3.05) is 0 Å². The van der Waals surface area contributed by atoms with Crippen molar-refractivity contribution in [1.29, 1.82) is 0 Å². The summed E-state index contributed by atoms with van der Waals surface area (Å²) in [4.78, 5) is -0.0398. The summed E-state index contributed by atoms with van der Waals surface area (Å²) in [6, 6.07) is 9.62. The first-order valence-electron chi connectivity index (χ1n) is 16.0. The predicted octanol–water partition coefficient (Wildman–Crippen LogP) is 7.67. The molecule has 0 aromatic heterocycles. The number of benzene rings is 2. The van der Waals surface area contributed by atoms with Crippen molar-refractivity contribution in [3.05, 3.63) is 41.5 Å². The summed E-state index contributed by atoms with van der Waals surface area (Å²) in [6.07, 6.45) is 27.5. The number of aryl methyl sites for hydroxylation is 2. The van der Waals surface area contributed by atoms with Gasteiger partial charge in [0.1, 0.15) is 10.1 Å². The molecule has 2 aromatic carbocycles. The number of hydrogen-bond donors (Lipinski definition) is 0. The molecule has 0 aliphatic rings. The van der Waals surface area contributed by atoms with E-state index in [9.17, 15) is 13.0 Å². The minimum Gasteiger partial charge on any atom is -0.744 e.